The van der Waals surface area contributed by atoms with Crippen molar-refractivity contribution in [2.45, 2.75) is 6.54 Å². The maximum Gasteiger partial charge on any atom is 0.258 e. The van der Waals surface area contributed by atoms with Crippen LogP contribution in [0.15, 0.2) is 59.6 Å². The summed E-state index contributed by atoms with van der Waals surface area (Å²) in [5.41, 5.74) is 3.11. The number of thiophene rings is 1. The third kappa shape index (κ3) is 4.58. The summed E-state index contributed by atoms with van der Waals surface area (Å²) >= 11 is 1.64. The number of hydrogen-bond acceptors (Lipinski definition) is 5. The molecular formula is C19H18N2O3S. The number of carbonyl (C=O) groups is 1. The third-order valence-electron chi connectivity index (χ3n) is 3.57. The van der Waals surface area contributed by atoms with E-state index in [4.69, 9.17) is 9.47 Å². The highest BCUT2D eigenvalue weighted by Crippen LogP contribution is 2.25. The first-order valence-corrected chi connectivity index (χ1v) is 8.69. The van der Waals surface area contributed by atoms with E-state index in [0.29, 0.717) is 18.0 Å². The number of hydrogen-bond donors (Lipinski definition) is 1. The second kappa shape index (κ2) is 8.30. The summed E-state index contributed by atoms with van der Waals surface area (Å²) < 4.78 is 10.7. The van der Waals surface area contributed by atoms with Crippen LogP contribution in [0.3, 0.4) is 0 Å². The molecule has 2 heterocycles. The number of methoxy groups -OCH3 is 1. The minimum Gasteiger partial charge on any atom is -0.493 e. The van der Waals surface area contributed by atoms with Gasteiger partial charge in [0.1, 0.15) is 0 Å². The van der Waals surface area contributed by atoms with E-state index in [2.05, 4.69) is 15.7 Å². The summed E-state index contributed by atoms with van der Waals surface area (Å²) in [5, 5.41) is 6.93. The molecule has 0 atom stereocenters. The topological polar surface area (TPSA) is 60.5 Å². The SMILES string of the molecule is COc1ccccc1OCC(=O)NCc1cncc(-c2ccsc2)c1. The Morgan fingerprint density at radius 2 is 2.00 bits per heavy atom. The van der Waals surface area contributed by atoms with Crippen molar-refractivity contribution in [3.63, 3.8) is 0 Å². The molecule has 3 rings (SSSR count). The molecule has 128 valence electrons. The predicted molar refractivity (Wildman–Crippen MR) is 97.9 cm³/mol. The Kier molecular flexibility index (Phi) is 5.64. The minimum atomic E-state index is -0.202. The van der Waals surface area contributed by atoms with Crippen LogP contribution in [-0.2, 0) is 11.3 Å². The van der Waals surface area contributed by atoms with E-state index in [-0.39, 0.29) is 12.5 Å². The van der Waals surface area contributed by atoms with Gasteiger partial charge in [-0.05, 0) is 46.2 Å². The van der Waals surface area contributed by atoms with Crippen LogP contribution in [-0.4, -0.2) is 24.6 Å². The number of nitrogens with one attached hydrogen (secondary N) is 1. The Bertz CT molecular complexity index is 834. The van der Waals surface area contributed by atoms with Crippen LogP contribution < -0.4 is 14.8 Å². The van der Waals surface area contributed by atoms with Crippen LogP contribution in [0, 0.1) is 0 Å². The van der Waals surface area contributed by atoms with Crippen LogP contribution in [0.25, 0.3) is 11.1 Å². The molecule has 2 aromatic heterocycles. The van der Waals surface area contributed by atoms with Gasteiger partial charge in [-0.1, -0.05) is 12.1 Å². The van der Waals surface area contributed by atoms with Gasteiger partial charge in [0.2, 0.25) is 0 Å². The molecule has 0 fully saturated rings. The van der Waals surface area contributed by atoms with Gasteiger partial charge >= 0.3 is 0 Å². The van der Waals surface area contributed by atoms with Gasteiger partial charge in [-0.25, -0.2) is 0 Å². The number of aromatic nitrogens is 1. The fourth-order valence-corrected chi connectivity index (χ4v) is 2.97. The van der Waals surface area contributed by atoms with Crippen molar-refractivity contribution >= 4 is 17.2 Å². The van der Waals surface area contributed by atoms with Gasteiger partial charge in [-0.2, -0.15) is 11.3 Å². The molecule has 0 spiro atoms. The zero-order chi connectivity index (χ0) is 17.5. The summed E-state index contributed by atoms with van der Waals surface area (Å²) in [6.07, 6.45) is 3.56. The van der Waals surface area contributed by atoms with Crippen LogP contribution in [0.2, 0.25) is 0 Å². The normalized spacial score (nSPS) is 10.3. The number of pyridine rings is 1. The molecule has 0 saturated carbocycles. The summed E-state index contributed by atoms with van der Waals surface area (Å²) in [6.45, 7) is 0.330. The van der Waals surface area contributed by atoms with Crippen LogP contribution in [0.5, 0.6) is 11.5 Å². The molecule has 0 saturated heterocycles. The van der Waals surface area contributed by atoms with E-state index in [1.807, 2.05) is 35.8 Å². The van der Waals surface area contributed by atoms with Crippen LogP contribution >= 0.6 is 11.3 Å². The van der Waals surface area contributed by atoms with Crippen molar-refractivity contribution in [3.8, 4) is 22.6 Å². The standard InChI is InChI=1S/C19H18N2O3S/c1-23-17-4-2-3-5-18(17)24-12-19(22)21-10-14-8-16(11-20-9-14)15-6-7-25-13-15/h2-9,11,13H,10,12H2,1H3,(H,21,22). The summed E-state index contributed by atoms with van der Waals surface area (Å²) in [5.74, 6) is 0.941. The van der Waals surface area contributed by atoms with E-state index in [0.717, 1.165) is 16.7 Å². The van der Waals surface area contributed by atoms with Gasteiger partial charge < -0.3 is 14.8 Å². The molecule has 0 aliphatic heterocycles. The third-order valence-corrected chi connectivity index (χ3v) is 4.25. The lowest BCUT2D eigenvalue weighted by Crippen LogP contribution is -2.28. The van der Waals surface area contributed by atoms with Crippen LogP contribution in [0.1, 0.15) is 5.56 Å². The molecule has 25 heavy (non-hydrogen) atoms. The maximum atomic E-state index is 12.0. The van der Waals surface area contributed by atoms with Crippen molar-refractivity contribution in [1.82, 2.24) is 10.3 Å². The lowest BCUT2D eigenvalue weighted by atomic mass is 10.1. The van der Waals surface area contributed by atoms with Gasteiger partial charge in [0.25, 0.3) is 5.91 Å². The molecule has 0 aliphatic carbocycles. The fourth-order valence-electron chi connectivity index (χ4n) is 2.30. The summed E-state index contributed by atoms with van der Waals surface area (Å²) in [4.78, 5) is 16.2. The Morgan fingerprint density at radius 1 is 1.16 bits per heavy atom. The first-order valence-electron chi connectivity index (χ1n) is 7.75. The molecule has 5 nitrogen and oxygen atoms in total. The minimum absolute atomic E-state index is 0.0714. The van der Waals surface area contributed by atoms with Crippen LogP contribution in [0.4, 0.5) is 0 Å². The highest BCUT2D eigenvalue weighted by molar-refractivity contribution is 7.08. The number of rotatable bonds is 7. The van der Waals surface area contributed by atoms with Gasteiger partial charge in [0.05, 0.1) is 7.11 Å². The number of carbonyl (C=O) groups excluding carboxylic acids is 1. The predicted octanol–water partition coefficient (Wildman–Crippen LogP) is 3.51. The first-order chi connectivity index (χ1) is 12.3. The summed E-state index contributed by atoms with van der Waals surface area (Å²) in [6, 6.07) is 11.3. The van der Waals surface area contributed by atoms with Gasteiger partial charge in [-0.15, -0.1) is 0 Å². The Balaban J connectivity index is 1.53. The Labute approximate surface area is 150 Å². The molecule has 3 aromatic rings. The van der Waals surface area contributed by atoms with Gasteiger partial charge in [-0.3, -0.25) is 9.78 Å². The molecule has 0 bridgehead atoms. The van der Waals surface area contributed by atoms with Crippen molar-refractivity contribution in [2.75, 3.05) is 13.7 Å². The largest absolute Gasteiger partial charge is 0.493 e. The molecule has 0 aliphatic rings. The van der Waals surface area contributed by atoms with E-state index in [1.165, 1.54) is 0 Å². The summed E-state index contributed by atoms with van der Waals surface area (Å²) in [7, 11) is 1.57. The number of para-hydroxylation sites is 2. The first kappa shape index (κ1) is 17.0. The zero-order valence-corrected chi connectivity index (χ0v) is 14.6. The highest BCUT2D eigenvalue weighted by Gasteiger charge is 2.07. The molecule has 0 unspecified atom stereocenters. The molecule has 0 radical (unpaired) electrons. The van der Waals surface area contributed by atoms with Crippen molar-refractivity contribution in [2.24, 2.45) is 0 Å². The molecular weight excluding hydrogens is 336 g/mol. The lowest BCUT2D eigenvalue weighted by molar-refractivity contribution is -0.123. The molecule has 1 amide bonds. The average Bonchev–Trinajstić information content (AvgIpc) is 3.20. The van der Waals surface area contributed by atoms with Gasteiger partial charge in [0.15, 0.2) is 18.1 Å². The second-order valence-corrected chi connectivity index (χ2v) is 6.09. The number of benzene rings is 1. The monoisotopic (exact) mass is 354 g/mol. The van der Waals surface area contributed by atoms with Crippen molar-refractivity contribution in [3.05, 3.63) is 65.1 Å². The smallest absolute Gasteiger partial charge is 0.258 e. The second-order valence-electron chi connectivity index (χ2n) is 5.31. The number of nitrogens with zero attached hydrogens (tertiary/aromatic N) is 1. The maximum absolute atomic E-state index is 12.0. The van der Waals surface area contributed by atoms with E-state index < -0.39 is 0 Å². The van der Waals surface area contributed by atoms with E-state index >= 15 is 0 Å². The van der Waals surface area contributed by atoms with E-state index in [9.17, 15) is 4.79 Å². The lowest BCUT2D eigenvalue weighted by Gasteiger charge is -2.10. The Hall–Kier alpha value is -2.86. The molecule has 1 N–H and O–H groups in total. The number of ether oxygens (including phenoxy) is 2. The molecule has 6 heteroatoms. The zero-order valence-electron chi connectivity index (χ0n) is 13.8. The van der Waals surface area contributed by atoms with Crippen molar-refractivity contribution in [1.29, 1.82) is 0 Å². The Morgan fingerprint density at radius 3 is 2.76 bits per heavy atom. The van der Waals surface area contributed by atoms with Gasteiger partial charge in [0, 0.05) is 24.5 Å². The number of amides is 1. The quantitative estimate of drug-likeness (QED) is 0.705. The fraction of sp³-hybridized carbons (Fsp3) is 0.158. The highest BCUT2D eigenvalue weighted by atomic mass is 32.1. The average molecular weight is 354 g/mol. The van der Waals surface area contributed by atoms with Crippen molar-refractivity contribution < 1.29 is 14.3 Å². The molecule has 1 aromatic carbocycles. The van der Waals surface area contributed by atoms with E-state index in [1.54, 1.807) is 36.8 Å².